The zero-order valence-corrected chi connectivity index (χ0v) is 14.6. The Morgan fingerprint density at radius 2 is 2.04 bits per heavy atom. The van der Waals surface area contributed by atoms with E-state index in [-0.39, 0.29) is 11.7 Å². The molecule has 0 atom stereocenters. The molecule has 2 heterocycles. The number of nitrogens with zero attached hydrogens (tertiary/aromatic N) is 2. The van der Waals surface area contributed by atoms with Crippen LogP contribution in [-0.4, -0.2) is 22.1 Å². The van der Waals surface area contributed by atoms with Crippen molar-refractivity contribution in [2.45, 2.75) is 20.4 Å². The van der Waals surface area contributed by atoms with Crippen LogP contribution in [0.2, 0.25) is 0 Å². The van der Waals surface area contributed by atoms with Crippen molar-refractivity contribution in [1.82, 2.24) is 9.55 Å². The number of hydrogen-bond donors (Lipinski definition) is 0. The minimum absolute atomic E-state index is 0.237. The Kier molecular flexibility index (Phi) is 5.31. The average molecular weight is 354 g/mol. The van der Waals surface area contributed by atoms with Gasteiger partial charge in [-0.3, -0.25) is 4.79 Å². The fourth-order valence-electron chi connectivity index (χ4n) is 2.68. The van der Waals surface area contributed by atoms with E-state index in [2.05, 4.69) is 4.98 Å². The number of halogens is 1. The molecule has 2 aromatic heterocycles. The third-order valence-corrected chi connectivity index (χ3v) is 3.84. The second-order valence-electron chi connectivity index (χ2n) is 5.70. The van der Waals surface area contributed by atoms with E-state index in [9.17, 15) is 9.18 Å². The maximum absolute atomic E-state index is 13.1. The number of rotatable bonds is 6. The first-order chi connectivity index (χ1) is 12.6. The van der Waals surface area contributed by atoms with Crippen LogP contribution in [0, 0.1) is 5.82 Å². The number of carbonyl (C=O) groups excluding carboxylic acids is 1. The quantitative estimate of drug-likeness (QED) is 0.493. The lowest BCUT2D eigenvalue weighted by atomic mass is 10.1. The summed E-state index contributed by atoms with van der Waals surface area (Å²) in [4.78, 5) is 15.6. The standard InChI is InChI=1S/C20H19FN2O3/c1-3-25-11-9-18-17-8-10-23(13-15-4-6-16(21)7-5-15)19(17)12-22-20(18)26-14(2)24/h4-12H,3,13H2,1-2H3. The molecule has 0 saturated carbocycles. The number of esters is 1. The second kappa shape index (κ2) is 7.82. The van der Waals surface area contributed by atoms with Crippen molar-refractivity contribution in [1.29, 1.82) is 0 Å². The molecule has 0 aliphatic carbocycles. The van der Waals surface area contributed by atoms with Gasteiger partial charge in [0.25, 0.3) is 0 Å². The van der Waals surface area contributed by atoms with E-state index in [1.807, 2.05) is 23.8 Å². The first-order valence-electron chi connectivity index (χ1n) is 8.27. The van der Waals surface area contributed by atoms with E-state index in [1.165, 1.54) is 19.1 Å². The summed E-state index contributed by atoms with van der Waals surface area (Å²) in [6.45, 7) is 4.33. The molecule has 0 aliphatic heterocycles. The van der Waals surface area contributed by atoms with Crippen LogP contribution in [0.15, 0.2) is 49.0 Å². The summed E-state index contributed by atoms with van der Waals surface area (Å²) in [7, 11) is 0. The second-order valence-corrected chi connectivity index (χ2v) is 5.70. The molecule has 1 aromatic carbocycles. The summed E-state index contributed by atoms with van der Waals surface area (Å²) in [5.74, 6) is -0.462. The van der Waals surface area contributed by atoms with Crippen molar-refractivity contribution in [2.24, 2.45) is 0 Å². The Morgan fingerprint density at radius 3 is 2.73 bits per heavy atom. The van der Waals surface area contributed by atoms with E-state index >= 15 is 0 Å². The van der Waals surface area contributed by atoms with Crippen molar-refractivity contribution >= 4 is 22.9 Å². The van der Waals surface area contributed by atoms with Crippen LogP contribution >= 0.6 is 0 Å². The molecule has 0 bridgehead atoms. The Balaban J connectivity index is 2.01. The highest BCUT2D eigenvalue weighted by Gasteiger charge is 2.13. The van der Waals surface area contributed by atoms with Crippen LogP contribution in [0.25, 0.3) is 17.0 Å². The van der Waals surface area contributed by atoms with Crippen molar-refractivity contribution in [2.75, 3.05) is 6.61 Å². The van der Waals surface area contributed by atoms with Crippen molar-refractivity contribution < 1.29 is 18.7 Å². The lowest BCUT2D eigenvalue weighted by molar-refractivity contribution is -0.132. The normalized spacial score (nSPS) is 11.2. The molecular formula is C20H19FN2O3. The molecule has 3 aromatic rings. The van der Waals surface area contributed by atoms with Gasteiger partial charge in [-0.2, -0.15) is 0 Å². The maximum Gasteiger partial charge on any atom is 0.309 e. The Labute approximate surface area is 150 Å². The third-order valence-electron chi connectivity index (χ3n) is 3.84. The van der Waals surface area contributed by atoms with Crippen LogP contribution in [0.1, 0.15) is 25.0 Å². The van der Waals surface area contributed by atoms with E-state index in [0.717, 1.165) is 16.5 Å². The average Bonchev–Trinajstić information content (AvgIpc) is 3.01. The van der Waals surface area contributed by atoms with E-state index in [1.54, 1.807) is 30.7 Å². The Morgan fingerprint density at radius 1 is 1.27 bits per heavy atom. The van der Waals surface area contributed by atoms with Gasteiger partial charge in [-0.1, -0.05) is 12.1 Å². The fraction of sp³-hybridized carbons (Fsp3) is 0.200. The molecule has 26 heavy (non-hydrogen) atoms. The van der Waals surface area contributed by atoms with Crippen LogP contribution in [-0.2, 0) is 16.1 Å². The Hall–Kier alpha value is -3.15. The SMILES string of the molecule is CCOC=Cc1c(OC(C)=O)ncc2c1ccn2Cc1ccc(F)cc1. The van der Waals surface area contributed by atoms with E-state index in [0.29, 0.717) is 18.7 Å². The third kappa shape index (κ3) is 3.91. The summed E-state index contributed by atoms with van der Waals surface area (Å²) in [5.41, 5.74) is 2.52. The van der Waals surface area contributed by atoms with E-state index < -0.39 is 5.97 Å². The van der Waals surface area contributed by atoms with Crippen molar-refractivity contribution in [3.8, 4) is 5.88 Å². The predicted octanol–water partition coefficient (Wildman–Crippen LogP) is 4.16. The summed E-state index contributed by atoms with van der Waals surface area (Å²) in [6, 6.07) is 8.30. The number of benzene rings is 1. The van der Waals surface area contributed by atoms with Gasteiger partial charge in [0.05, 0.1) is 24.6 Å². The van der Waals surface area contributed by atoms with E-state index in [4.69, 9.17) is 9.47 Å². The molecule has 3 rings (SSSR count). The van der Waals surface area contributed by atoms with Gasteiger partial charge in [-0.15, -0.1) is 0 Å². The maximum atomic E-state index is 13.1. The van der Waals surface area contributed by atoms with Gasteiger partial charge in [0.2, 0.25) is 5.88 Å². The van der Waals surface area contributed by atoms with Crippen LogP contribution in [0.3, 0.4) is 0 Å². The number of ether oxygens (including phenoxy) is 2. The first kappa shape index (κ1) is 17.7. The molecule has 0 unspecified atom stereocenters. The molecule has 0 saturated heterocycles. The highest BCUT2D eigenvalue weighted by Crippen LogP contribution is 2.28. The highest BCUT2D eigenvalue weighted by atomic mass is 19.1. The minimum Gasteiger partial charge on any atom is -0.501 e. The summed E-state index contributed by atoms with van der Waals surface area (Å²) >= 11 is 0. The van der Waals surface area contributed by atoms with Crippen LogP contribution < -0.4 is 4.74 Å². The topological polar surface area (TPSA) is 53.4 Å². The minimum atomic E-state index is -0.436. The number of aromatic nitrogens is 2. The van der Waals surface area contributed by atoms with Gasteiger partial charge in [0.1, 0.15) is 5.82 Å². The monoisotopic (exact) mass is 354 g/mol. The van der Waals surface area contributed by atoms with Gasteiger partial charge in [0, 0.05) is 30.6 Å². The predicted molar refractivity (Wildman–Crippen MR) is 97.2 cm³/mol. The number of pyridine rings is 1. The smallest absolute Gasteiger partial charge is 0.309 e. The number of carbonyl (C=O) groups is 1. The zero-order valence-electron chi connectivity index (χ0n) is 14.6. The molecule has 0 spiro atoms. The van der Waals surface area contributed by atoms with Crippen LogP contribution in [0.4, 0.5) is 4.39 Å². The number of fused-ring (bicyclic) bond motifs is 1. The van der Waals surface area contributed by atoms with Gasteiger partial charge >= 0.3 is 5.97 Å². The zero-order chi connectivity index (χ0) is 18.5. The highest BCUT2D eigenvalue weighted by molar-refractivity contribution is 5.91. The van der Waals surface area contributed by atoms with Gasteiger partial charge in [0.15, 0.2) is 0 Å². The lowest BCUT2D eigenvalue weighted by Gasteiger charge is -2.09. The van der Waals surface area contributed by atoms with Gasteiger partial charge in [-0.05, 0) is 36.8 Å². The number of hydrogen-bond acceptors (Lipinski definition) is 4. The van der Waals surface area contributed by atoms with Crippen molar-refractivity contribution in [3.63, 3.8) is 0 Å². The molecule has 0 radical (unpaired) electrons. The molecule has 5 nitrogen and oxygen atoms in total. The molecule has 0 aliphatic rings. The van der Waals surface area contributed by atoms with Gasteiger partial charge < -0.3 is 14.0 Å². The Bertz CT molecular complexity index is 946. The summed E-state index contributed by atoms with van der Waals surface area (Å²) < 4.78 is 25.6. The molecule has 6 heteroatoms. The molecular weight excluding hydrogens is 335 g/mol. The molecule has 0 N–H and O–H groups in total. The fourth-order valence-corrected chi connectivity index (χ4v) is 2.68. The first-order valence-corrected chi connectivity index (χ1v) is 8.27. The molecule has 0 fully saturated rings. The largest absolute Gasteiger partial charge is 0.501 e. The van der Waals surface area contributed by atoms with Gasteiger partial charge in [-0.25, -0.2) is 9.37 Å². The van der Waals surface area contributed by atoms with Crippen LogP contribution in [0.5, 0.6) is 5.88 Å². The molecule has 0 amide bonds. The lowest BCUT2D eigenvalue weighted by Crippen LogP contribution is -2.05. The summed E-state index contributed by atoms with van der Waals surface area (Å²) in [6.07, 6.45) is 6.88. The molecule has 134 valence electrons. The summed E-state index contributed by atoms with van der Waals surface area (Å²) in [5, 5.41) is 0.884. The van der Waals surface area contributed by atoms with Crippen molar-refractivity contribution in [3.05, 3.63) is 65.9 Å².